The third-order valence-electron chi connectivity index (χ3n) is 5.72. The lowest BCUT2D eigenvalue weighted by Gasteiger charge is -2.40. The first-order chi connectivity index (χ1) is 12.0. The summed E-state index contributed by atoms with van der Waals surface area (Å²) in [6.07, 6.45) is 3.33. The summed E-state index contributed by atoms with van der Waals surface area (Å²) >= 11 is 0. The number of hydrogen-bond donors (Lipinski definition) is 2. The number of benzene rings is 1. The predicted octanol–water partition coefficient (Wildman–Crippen LogP) is 2.46. The van der Waals surface area contributed by atoms with Crippen molar-refractivity contribution in [2.45, 2.75) is 39.2 Å². The fourth-order valence-corrected chi connectivity index (χ4v) is 3.95. The lowest BCUT2D eigenvalue weighted by atomic mass is 9.77. The van der Waals surface area contributed by atoms with Gasteiger partial charge in [-0.1, -0.05) is 32.0 Å². The first-order valence-electron chi connectivity index (χ1n) is 9.36. The fraction of sp³-hybridized carbons (Fsp3) is 0.600. The molecule has 0 aliphatic carbocycles. The third-order valence-corrected chi connectivity index (χ3v) is 5.72. The van der Waals surface area contributed by atoms with Gasteiger partial charge in [-0.15, -0.1) is 12.4 Å². The highest BCUT2D eigenvalue weighted by molar-refractivity contribution is 5.97. The number of rotatable bonds is 4. The van der Waals surface area contributed by atoms with Crippen LogP contribution < -0.4 is 10.6 Å². The molecule has 0 saturated carbocycles. The summed E-state index contributed by atoms with van der Waals surface area (Å²) in [5.41, 5.74) is 0.979. The Balaban J connectivity index is 0.00000243. The average Bonchev–Trinajstić information content (AvgIpc) is 3.08. The molecule has 2 amide bonds. The van der Waals surface area contributed by atoms with Crippen LogP contribution in [0.3, 0.4) is 0 Å². The van der Waals surface area contributed by atoms with Gasteiger partial charge in [-0.3, -0.25) is 9.59 Å². The molecule has 2 saturated heterocycles. The summed E-state index contributed by atoms with van der Waals surface area (Å²) in [5, 5.41) is 6.40. The van der Waals surface area contributed by atoms with E-state index in [2.05, 4.69) is 10.6 Å². The van der Waals surface area contributed by atoms with Gasteiger partial charge in [-0.25, -0.2) is 0 Å². The molecule has 2 fully saturated rings. The Hall–Kier alpha value is -1.59. The van der Waals surface area contributed by atoms with Gasteiger partial charge >= 0.3 is 0 Å². The SMILES string of the molecule is CC(C)C(NC(=O)c1ccccc1)C(=O)N1CCC2(CCNC2)CC1.Cl. The van der Waals surface area contributed by atoms with Crippen LogP contribution in [-0.4, -0.2) is 48.9 Å². The van der Waals surface area contributed by atoms with Crippen LogP contribution in [-0.2, 0) is 4.79 Å². The van der Waals surface area contributed by atoms with E-state index in [0.717, 1.165) is 39.0 Å². The summed E-state index contributed by atoms with van der Waals surface area (Å²) < 4.78 is 0. The van der Waals surface area contributed by atoms with E-state index in [0.29, 0.717) is 11.0 Å². The van der Waals surface area contributed by atoms with Crippen molar-refractivity contribution < 1.29 is 9.59 Å². The maximum absolute atomic E-state index is 13.0. The molecule has 1 aromatic rings. The van der Waals surface area contributed by atoms with Gasteiger partial charge in [0.15, 0.2) is 0 Å². The highest BCUT2D eigenvalue weighted by Gasteiger charge is 2.39. The molecule has 0 radical (unpaired) electrons. The smallest absolute Gasteiger partial charge is 0.251 e. The van der Waals surface area contributed by atoms with Crippen molar-refractivity contribution in [3.8, 4) is 0 Å². The Morgan fingerprint density at radius 2 is 1.77 bits per heavy atom. The summed E-state index contributed by atoms with van der Waals surface area (Å²) in [4.78, 5) is 27.4. The zero-order valence-electron chi connectivity index (χ0n) is 15.7. The zero-order chi connectivity index (χ0) is 17.9. The van der Waals surface area contributed by atoms with Crippen LogP contribution in [0, 0.1) is 11.3 Å². The summed E-state index contributed by atoms with van der Waals surface area (Å²) in [5.74, 6) is -0.0644. The van der Waals surface area contributed by atoms with Gasteiger partial charge < -0.3 is 15.5 Å². The number of carbonyl (C=O) groups is 2. The minimum absolute atomic E-state index is 0. The van der Waals surface area contributed by atoms with Gasteiger partial charge in [0.25, 0.3) is 5.91 Å². The van der Waals surface area contributed by atoms with E-state index in [4.69, 9.17) is 0 Å². The van der Waals surface area contributed by atoms with Crippen LogP contribution in [0.4, 0.5) is 0 Å². The lowest BCUT2D eigenvalue weighted by Crippen LogP contribution is -2.54. The van der Waals surface area contributed by atoms with Gasteiger partial charge in [0.1, 0.15) is 6.04 Å². The number of amides is 2. The van der Waals surface area contributed by atoms with Gasteiger partial charge in [0.2, 0.25) is 5.91 Å². The van der Waals surface area contributed by atoms with E-state index in [9.17, 15) is 9.59 Å². The topological polar surface area (TPSA) is 61.4 Å². The molecular formula is C20H30ClN3O2. The molecule has 3 rings (SSSR count). The lowest BCUT2D eigenvalue weighted by molar-refractivity contribution is -0.136. The van der Waals surface area contributed by atoms with Crippen LogP contribution in [0.1, 0.15) is 43.5 Å². The molecule has 144 valence electrons. The standard InChI is InChI=1S/C20H29N3O2.ClH/c1-15(2)17(22-18(24)16-6-4-3-5-7-16)19(25)23-12-9-20(10-13-23)8-11-21-14-20;/h3-7,15,17,21H,8-14H2,1-2H3,(H,22,24);1H. The number of carbonyl (C=O) groups excluding carboxylic acids is 2. The molecule has 1 spiro atoms. The normalized spacial score (nSPS) is 19.9. The van der Waals surface area contributed by atoms with Gasteiger partial charge in [0.05, 0.1) is 0 Å². The molecule has 2 heterocycles. The highest BCUT2D eigenvalue weighted by atomic mass is 35.5. The Labute approximate surface area is 162 Å². The minimum atomic E-state index is -0.469. The Morgan fingerprint density at radius 3 is 2.31 bits per heavy atom. The average molecular weight is 380 g/mol. The van der Waals surface area contributed by atoms with E-state index in [1.807, 2.05) is 36.9 Å². The minimum Gasteiger partial charge on any atom is -0.341 e. The number of nitrogens with one attached hydrogen (secondary N) is 2. The van der Waals surface area contributed by atoms with Crippen molar-refractivity contribution in [2.75, 3.05) is 26.2 Å². The van der Waals surface area contributed by atoms with E-state index in [-0.39, 0.29) is 30.1 Å². The molecule has 1 unspecified atom stereocenters. The van der Waals surface area contributed by atoms with Crippen LogP contribution in [0.5, 0.6) is 0 Å². The van der Waals surface area contributed by atoms with Crippen LogP contribution in [0.15, 0.2) is 30.3 Å². The van der Waals surface area contributed by atoms with Crippen molar-refractivity contribution in [3.05, 3.63) is 35.9 Å². The van der Waals surface area contributed by atoms with E-state index >= 15 is 0 Å². The third kappa shape index (κ3) is 4.57. The van der Waals surface area contributed by atoms with Gasteiger partial charge in [-0.05, 0) is 49.3 Å². The number of halogens is 1. The summed E-state index contributed by atoms with van der Waals surface area (Å²) in [6.45, 7) is 7.74. The second kappa shape index (κ2) is 8.87. The van der Waals surface area contributed by atoms with E-state index in [1.165, 1.54) is 6.42 Å². The molecule has 6 heteroatoms. The van der Waals surface area contributed by atoms with Crippen molar-refractivity contribution in [2.24, 2.45) is 11.3 Å². The molecule has 2 aliphatic heterocycles. The number of nitrogens with zero attached hydrogens (tertiary/aromatic N) is 1. The monoisotopic (exact) mass is 379 g/mol. The van der Waals surface area contributed by atoms with Crippen molar-refractivity contribution >= 4 is 24.2 Å². The van der Waals surface area contributed by atoms with Crippen LogP contribution >= 0.6 is 12.4 Å². The first kappa shape index (κ1) is 20.7. The molecule has 2 aliphatic rings. The predicted molar refractivity (Wildman–Crippen MR) is 106 cm³/mol. The van der Waals surface area contributed by atoms with Crippen LogP contribution in [0.25, 0.3) is 0 Å². The second-order valence-corrected chi connectivity index (χ2v) is 7.81. The molecule has 1 atom stereocenters. The fourth-order valence-electron chi connectivity index (χ4n) is 3.95. The quantitative estimate of drug-likeness (QED) is 0.844. The van der Waals surface area contributed by atoms with Crippen LogP contribution in [0.2, 0.25) is 0 Å². The second-order valence-electron chi connectivity index (χ2n) is 7.81. The van der Waals surface area contributed by atoms with E-state index in [1.54, 1.807) is 12.1 Å². The Bertz CT molecular complexity index is 605. The molecule has 5 nitrogen and oxygen atoms in total. The largest absolute Gasteiger partial charge is 0.341 e. The molecule has 26 heavy (non-hydrogen) atoms. The Morgan fingerprint density at radius 1 is 1.12 bits per heavy atom. The van der Waals surface area contributed by atoms with Crippen molar-refractivity contribution in [1.29, 1.82) is 0 Å². The first-order valence-corrected chi connectivity index (χ1v) is 9.36. The van der Waals surface area contributed by atoms with Gasteiger partial charge in [0, 0.05) is 25.2 Å². The molecule has 1 aromatic carbocycles. The van der Waals surface area contributed by atoms with Crippen molar-refractivity contribution in [1.82, 2.24) is 15.5 Å². The van der Waals surface area contributed by atoms with E-state index < -0.39 is 6.04 Å². The molecular weight excluding hydrogens is 350 g/mol. The zero-order valence-corrected chi connectivity index (χ0v) is 16.5. The maximum atomic E-state index is 13.0. The summed E-state index contributed by atoms with van der Waals surface area (Å²) in [6, 6.07) is 8.62. The summed E-state index contributed by atoms with van der Waals surface area (Å²) in [7, 11) is 0. The number of piperidine rings is 1. The van der Waals surface area contributed by atoms with Crippen molar-refractivity contribution in [3.63, 3.8) is 0 Å². The highest BCUT2D eigenvalue weighted by Crippen LogP contribution is 2.37. The number of hydrogen-bond acceptors (Lipinski definition) is 3. The molecule has 0 bridgehead atoms. The molecule has 2 N–H and O–H groups in total. The molecule has 0 aromatic heterocycles. The van der Waals surface area contributed by atoms with Gasteiger partial charge in [-0.2, -0.15) is 0 Å². The number of likely N-dealkylation sites (tertiary alicyclic amines) is 1. The Kier molecular flexibility index (Phi) is 7.07. The maximum Gasteiger partial charge on any atom is 0.251 e.